The number of nitrogens with one attached hydrogen (secondary N) is 1. The third-order valence-corrected chi connectivity index (χ3v) is 3.27. The largest absolute Gasteiger partial charge is 0.496 e. The number of rotatable bonds is 4. The third-order valence-electron chi connectivity index (χ3n) is 3.27. The Morgan fingerprint density at radius 3 is 2.56 bits per heavy atom. The van der Waals surface area contributed by atoms with Crippen molar-refractivity contribution in [2.45, 2.75) is 38.0 Å². The van der Waals surface area contributed by atoms with E-state index in [1.807, 2.05) is 0 Å². The molecule has 0 bridgehead atoms. The number of hydrogen-bond acceptors (Lipinski definition) is 2. The number of hydrogen-bond donors (Lipinski definition) is 1. The highest BCUT2D eigenvalue weighted by Crippen LogP contribution is 2.36. The standard InChI is InChI=1S/C13H16F3NO/c1-18-12-6-5-9(7-11(12)13(14,15)16)8-17-10-3-2-4-10/h5-7,10,17H,2-4,8H2,1H3. The summed E-state index contributed by atoms with van der Waals surface area (Å²) in [5.74, 6) is -0.130. The van der Waals surface area contributed by atoms with Crippen LogP contribution in [-0.2, 0) is 12.7 Å². The molecule has 0 atom stereocenters. The van der Waals surface area contributed by atoms with Crippen LogP contribution in [0.5, 0.6) is 5.75 Å². The molecular weight excluding hydrogens is 243 g/mol. The molecule has 0 radical (unpaired) electrons. The van der Waals surface area contributed by atoms with Crippen LogP contribution < -0.4 is 10.1 Å². The summed E-state index contributed by atoms with van der Waals surface area (Å²) in [6.45, 7) is 0.470. The van der Waals surface area contributed by atoms with Crippen LogP contribution >= 0.6 is 0 Å². The number of ether oxygens (including phenoxy) is 1. The molecule has 1 saturated carbocycles. The first-order valence-electron chi connectivity index (χ1n) is 5.98. The van der Waals surface area contributed by atoms with E-state index in [1.165, 1.54) is 19.6 Å². The summed E-state index contributed by atoms with van der Waals surface area (Å²) >= 11 is 0. The van der Waals surface area contributed by atoms with Crippen LogP contribution in [0.2, 0.25) is 0 Å². The molecule has 100 valence electrons. The molecule has 0 aromatic heterocycles. The van der Waals surface area contributed by atoms with Gasteiger partial charge in [-0.15, -0.1) is 0 Å². The van der Waals surface area contributed by atoms with E-state index in [0.29, 0.717) is 18.2 Å². The Bertz CT molecular complexity index is 413. The fourth-order valence-corrected chi connectivity index (χ4v) is 1.96. The molecule has 1 aliphatic carbocycles. The van der Waals surface area contributed by atoms with Gasteiger partial charge in [0.15, 0.2) is 0 Å². The predicted octanol–water partition coefficient (Wildman–Crippen LogP) is 3.36. The molecule has 1 aromatic rings. The van der Waals surface area contributed by atoms with Crippen molar-refractivity contribution in [1.82, 2.24) is 5.32 Å². The molecule has 0 unspecified atom stereocenters. The minimum Gasteiger partial charge on any atom is -0.496 e. The van der Waals surface area contributed by atoms with E-state index in [4.69, 9.17) is 4.74 Å². The average Bonchev–Trinajstić information content (AvgIpc) is 2.25. The lowest BCUT2D eigenvalue weighted by Crippen LogP contribution is -2.34. The molecule has 0 saturated heterocycles. The smallest absolute Gasteiger partial charge is 0.419 e. The maximum atomic E-state index is 12.8. The van der Waals surface area contributed by atoms with Crippen LogP contribution in [-0.4, -0.2) is 13.2 Å². The molecule has 0 aliphatic heterocycles. The normalized spacial score (nSPS) is 16.4. The van der Waals surface area contributed by atoms with Gasteiger partial charge in [0.2, 0.25) is 0 Å². The van der Waals surface area contributed by atoms with Gasteiger partial charge in [-0.3, -0.25) is 0 Å². The molecule has 2 nitrogen and oxygen atoms in total. The molecule has 0 spiro atoms. The Morgan fingerprint density at radius 1 is 1.33 bits per heavy atom. The first-order chi connectivity index (χ1) is 8.50. The fourth-order valence-electron chi connectivity index (χ4n) is 1.96. The molecule has 0 heterocycles. The van der Waals surface area contributed by atoms with Crippen LogP contribution in [0, 0.1) is 0 Å². The zero-order chi connectivity index (χ0) is 13.2. The van der Waals surface area contributed by atoms with Crippen molar-refractivity contribution in [2.24, 2.45) is 0 Å². The number of alkyl halides is 3. The minimum absolute atomic E-state index is 0.130. The number of benzene rings is 1. The van der Waals surface area contributed by atoms with E-state index in [9.17, 15) is 13.2 Å². The fraction of sp³-hybridized carbons (Fsp3) is 0.538. The summed E-state index contributed by atoms with van der Waals surface area (Å²) in [5.41, 5.74) is -0.0760. The van der Waals surface area contributed by atoms with E-state index in [2.05, 4.69) is 5.32 Å². The van der Waals surface area contributed by atoms with Gasteiger partial charge in [-0.2, -0.15) is 13.2 Å². The summed E-state index contributed by atoms with van der Waals surface area (Å²) in [5, 5.41) is 3.24. The van der Waals surface area contributed by atoms with Crippen LogP contribution in [0.4, 0.5) is 13.2 Å². The first-order valence-corrected chi connectivity index (χ1v) is 5.98. The Balaban J connectivity index is 2.11. The second-order valence-electron chi connectivity index (χ2n) is 4.54. The van der Waals surface area contributed by atoms with Crippen LogP contribution in [0.3, 0.4) is 0 Å². The highest BCUT2D eigenvalue weighted by Gasteiger charge is 2.34. The Labute approximate surface area is 104 Å². The lowest BCUT2D eigenvalue weighted by Gasteiger charge is -2.26. The Kier molecular flexibility index (Phi) is 3.80. The molecule has 5 heteroatoms. The minimum atomic E-state index is -4.38. The van der Waals surface area contributed by atoms with Crippen molar-refractivity contribution in [3.8, 4) is 5.75 Å². The van der Waals surface area contributed by atoms with E-state index < -0.39 is 11.7 Å². The van der Waals surface area contributed by atoms with Gasteiger partial charge in [0.25, 0.3) is 0 Å². The molecule has 1 aliphatic rings. The van der Waals surface area contributed by atoms with Crippen LogP contribution in [0.25, 0.3) is 0 Å². The van der Waals surface area contributed by atoms with Crippen molar-refractivity contribution in [2.75, 3.05) is 7.11 Å². The SMILES string of the molecule is COc1ccc(CNC2CCC2)cc1C(F)(F)F. The van der Waals surface area contributed by atoms with Gasteiger partial charge in [-0.05, 0) is 30.5 Å². The molecule has 2 rings (SSSR count). The number of methoxy groups -OCH3 is 1. The van der Waals surface area contributed by atoms with Gasteiger partial charge in [-0.25, -0.2) is 0 Å². The van der Waals surface area contributed by atoms with Crippen molar-refractivity contribution in [3.63, 3.8) is 0 Å². The van der Waals surface area contributed by atoms with E-state index in [-0.39, 0.29) is 5.75 Å². The number of halogens is 3. The second-order valence-corrected chi connectivity index (χ2v) is 4.54. The Morgan fingerprint density at radius 2 is 2.06 bits per heavy atom. The summed E-state index contributed by atoms with van der Waals surface area (Å²) in [6.07, 6.45) is -0.948. The molecular formula is C13H16F3NO. The third kappa shape index (κ3) is 2.96. The zero-order valence-corrected chi connectivity index (χ0v) is 10.2. The van der Waals surface area contributed by atoms with Crippen molar-refractivity contribution in [1.29, 1.82) is 0 Å². The van der Waals surface area contributed by atoms with E-state index in [1.54, 1.807) is 6.07 Å². The highest BCUT2D eigenvalue weighted by molar-refractivity contribution is 5.39. The summed E-state index contributed by atoms with van der Waals surface area (Å²) in [4.78, 5) is 0. The lowest BCUT2D eigenvalue weighted by molar-refractivity contribution is -0.138. The van der Waals surface area contributed by atoms with Gasteiger partial charge in [0.05, 0.1) is 12.7 Å². The lowest BCUT2D eigenvalue weighted by atomic mass is 9.93. The molecule has 18 heavy (non-hydrogen) atoms. The molecule has 1 aromatic carbocycles. The first kappa shape index (κ1) is 13.2. The van der Waals surface area contributed by atoms with Gasteiger partial charge < -0.3 is 10.1 Å². The van der Waals surface area contributed by atoms with Gasteiger partial charge >= 0.3 is 6.18 Å². The molecule has 1 N–H and O–H groups in total. The molecule has 0 amide bonds. The van der Waals surface area contributed by atoms with Crippen LogP contribution in [0.15, 0.2) is 18.2 Å². The van der Waals surface area contributed by atoms with Gasteiger partial charge in [0.1, 0.15) is 5.75 Å². The van der Waals surface area contributed by atoms with E-state index >= 15 is 0 Å². The summed E-state index contributed by atoms with van der Waals surface area (Å²) < 4.78 is 43.1. The monoisotopic (exact) mass is 259 g/mol. The summed E-state index contributed by atoms with van der Waals surface area (Å²) in [6, 6.07) is 4.66. The predicted molar refractivity (Wildman–Crippen MR) is 62.5 cm³/mol. The Hall–Kier alpha value is -1.23. The van der Waals surface area contributed by atoms with Gasteiger partial charge in [-0.1, -0.05) is 12.5 Å². The second kappa shape index (κ2) is 5.18. The summed E-state index contributed by atoms with van der Waals surface area (Å²) in [7, 11) is 1.25. The zero-order valence-electron chi connectivity index (χ0n) is 10.2. The highest BCUT2D eigenvalue weighted by atomic mass is 19.4. The van der Waals surface area contributed by atoms with Crippen molar-refractivity contribution < 1.29 is 17.9 Å². The van der Waals surface area contributed by atoms with Crippen molar-refractivity contribution >= 4 is 0 Å². The maximum absolute atomic E-state index is 12.8. The van der Waals surface area contributed by atoms with E-state index in [0.717, 1.165) is 18.9 Å². The topological polar surface area (TPSA) is 21.3 Å². The van der Waals surface area contributed by atoms with Gasteiger partial charge in [0, 0.05) is 12.6 Å². The maximum Gasteiger partial charge on any atom is 0.419 e. The molecule has 1 fully saturated rings. The van der Waals surface area contributed by atoms with Crippen LogP contribution in [0.1, 0.15) is 30.4 Å². The quantitative estimate of drug-likeness (QED) is 0.895. The average molecular weight is 259 g/mol. The van der Waals surface area contributed by atoms with Crippen molar-refractivity contribution in [3.05, 3.63) is 29.3 Å².